The number of benzene rings is 2. The molecule has 1 atom stereocenters. The Morgan fingerprint density at radius 1 is 0.938 bits per heavy atom. The van der Waals surface area contributed by atoms with Crippen LogP contribution in [0.1, 0.15) is 18.1 Å². The molecule has 0 radical (unpaired) electrons. The SMILES string of the molecule is CCOC(=O)CNC(=O)N1CCN(Cc2ccccc2)CC1C(=O)NCc1ccccc1. The Bertz CT molecular complexity index is 891. The third-order valence-corrected chi connectivity index (χ3v) is 5.28. The molecule has 1 fully saturated rings. The molecule has 1 heterocycles. The summed E-state index contributed by atoms with van der Waals surface area (Å²) in [6.45, 7) is 4.22. The molecule has 0 spiro atoms. The van der Waals surface area contributed by atoms with Gasteiger partial charge in [-0.2, -0.15) is 0 Å². The first-order valence-electron chi connectivity index (χ1n) is 10.8. The average Bonchev–Trinajstić information content (AvgIpc) is 2.82. The summed E-state index contributed by atoms with van der Waals surface area (Å²) < 4.78 is 4.87. The number of nitrogens with one attached hydrogen (secondary N) is 2. The van der Waals surface area contributed by atoms with E-state index in [0.717, 1.165) is 11.1 Å². The van der Waals surface area contributed by atoms with Gasteiger partial charge in [0.15, 0.2) is 0 Å². The third-order valence-electron chi connectivity index (χ3n) is 5.28. The van der Waals surface area contributed by atoms with Gasteiger partial charge in [-0.3, -0.25) is 14.5 Å². The Labute approximate surface area is 188 Å². The van der Waals surface area contributed by atoms with Crippen molar-refractivity contribution in [2.24, 2.45) is 0 Å². The zero-order valence-corrected chi connectivity index (χ0v) is 18.3. The van der Waals surface area contributed by atoms with Crippen molar-refractivity contribution in [3.63, 3.8) is 0 Å². The highest BCUT2D eigenvalue weighted by molar-refractivity contribution is 5.88. The average molecular weight is 439 g/mol. The van der Waals surface area contributed by atoms with Gasteiger partial charge in [0.1, 0.15) is 12.6 Å². The van der Waals surface area contributed by atoms with Gasteiger partial charge in [-0.15, -0.1) is 0 Å². The van der Waals surface area contributed by atoms with E-state index in [1.807, 2.05) is 60.7 Å². The second-order valence-electron chi connectivity index (χ2n) is 7.60. The number of hydrogen-bond donors (Lipinski definition) is 2. The lowest BCUT2D eigenvalue weighted by Gasteiger charge is -2.40. The topological polar surface area (TPSA) is 91.0 Å². The van der Waals surface area contributed by atoms with Crippen molar-refractivity contribution in [1.29, 1.82) is 0 Å². The fourth-order valence-corrected chi connectivity index (χ4v) is 3.66. The molecule has 2 aromatic rings. The summed E-state index contributed by atoms with van der Waals surface area (Å²) in [6.07, 6.45) is 0. The highest BCUT2D eigenvalue weighted by Gasteiger charge is 2.35. The van der Waals surface area contributed by atoms with Crippen LogP contribution in [0.15, 0.2) is 60.7 Å². The summed E-state index contributed by atoms with van der Waals surface area (Å²) in [5.41, 5.74) is 2.13. The first-order chi connectivity index (χ1) is 15.6. The second-order valence-corrected chi connectivity index (χ2v) is 7.60. The van der Waals surface area contributed by atoms with E-state index in [0.29, 0.717) is 32.7 Å². The number of nitrogens with zero attached hydrogens (tertiary/aromatic N) is 2. The maximum absolute atomic E-state index is 13.1. The molecule has 3 amide bonds. The Balaban J connectivity index is 1.66. The molecule has 1 saturated heterocycles. The molecule has 0 aromatic heterocycles. The molecule has 32 heavy (non-hydrogen) atoms. The van der Waals surface area contributed by atoms with E-state index >= 15 is 0 Å². The zero-order valence-electron chi connectivity index (χ0n) is 18.3. The molecule has 8 nitrogen and oxygen atoms in total. The number of urea groups is 1. The molecule has 0 bridgehead atoms. The van der Waals surface area contributed by atoms with Gasteiger partial charge < -0.3 is 20.3 Å². The van der Waals surface area contributed by atoms with Crippen molar-refractivity contribution >= 4 is 17.9 Å². The van der Waals surface area contributed by atoms with Crippen LogP contribution < -0.4 is 10.6 Å². The molecular formula is C24H30N4O4. The van der Waals surface area contributed by atoms with Gasteiger partial charge in [0.2, 0.25) is 5.91 Å². The first kappa shape index (κ1) is 23.3. The van der Waals surface area contributed by atoms with Crippen LogP contribution in [0.3, 0.4) is 0 Å². The number of piperazine rings is 1. The van der Waals surface area contributed by atoms with Crippen LogP contribution in [0, 0.1) is 0 Å². The van der Waals surface area contributed by atoms with E-state index in [4.69, 9.17) is 4.74 Å². The third kappa shape index (κ3) is 6.81. The molecule has 1 aliphatic heterocycles. The van der Waals surface area contributed by atoms with Gasteiger partial charge in [0.25, 0.3) is 0 Å². The van der Waals surface area contributed by atoms with Crippen LogP contribution in [0.4, 0.5) is 4.79 Å². The van der Waals surface area contributed by atoms with Crippen molar-refractivity contribution in [1.82, 2.24) is 20.4 Å². The zero-order chi connectivity index (χ0) is 22.8. The maximum atomic E-state index is 13.1. The van der Waals surface area contributed by atoms with Crippen molar-refractivity contribution in [3.8, 4) is 0 Å². The monoisotopic (exact) mass is 438 g/mol. The number of ether oxygens (including phenoxy) is 1. The molecule has 0 saturated carbocycles. The van der Waals surface area contributed by atoms with E-state index in [1.165, 1.54) is 4.90 Å². The normalized spacial score (nSPS) is 16.3. The van der Waals surface area contributed by atoms with E-state index in [9.17, 15) is 14.4 Å². The number of hydrogen-bond acceptors (Lipinski definition) is 5. The number of carbonyl (C=O) groups is 3. The van der Waals surface area contributed by atoms with E-state index in [-0.39, 0.29) is 19.1 Å². The second kappa shape index (κ2) is 11.9. The van der Waals surface area contributed by atoms with Gasteiger partial charge >= 0.3 is 12.0 Å². The minimum atomic E-state index is -0.668. The van der Waals surface area contributed by atoms with Gasteiger partial charge in [0.05, 0.1) is 6.61 Å². The summed E-state index contributed by atoms with van der Waals surface area (Å²) in [6, 6.07) is 18.5. The van der Waals surface area contributed by atoms with Gasteiger partial charge in [-0.25, -0.2) is 4.79 Å². The lowest BCUT2D eigenvalue weighted by atomic mass is 10.1. The maximum Gasteiger partial charge on any atom is 0.325 e. The molecule has 2 aromatic carbocycles. The number of esters is 1. The molecular weight excluding hydrogens is 408 g/mol. The van der Waals surface area contributed by atoms with Crippen LogP contribution in [0.2, 0.25) is 0 Å². The van der Waals surface area contributed by atoms with E-state index in [2.05, 4.69) is 15.5 Å². The fraction of sp³-hybridized carbons (Fsp3) is 0.375. The highest BCUT2D eigenvalue weighted by atomic mass is 16.5. The lowest BCUT2D eigenvalue weighted by Crippen LogP contribution is -2.62. The van der Waals surface area contributed by atoms with Crippen LogP contribution in [-0.4, -0.2) is 66.5 Å². The summed E-state index contributed by atoms with van der Waals surface area (Å²) >= 11 is 0. The summed E-state index contributed by atoms with van der Waals surface area (Å²) in [4.78, 5) is 41.1. The lowest BCUT2D eigenvalue weighted by molar-refractivity contribution is -0.141. The molecule has 3 rings (SSSR count). The van der Waals surface area contributed by atoms with Crippen molar-refractivity contribution in [2.45, 2.75) is 26.1 Å². The predicted molar refractivity (Wildman–Crippen MR) is 121 cm³/mol. The predicted octanol–water partition coefficient (Wildman–Crippen LogP) is 1.76. The largest absolute Gasteiger partial charge is 0.465 e. The van der Waals surface area contributed by atoms with Gasteiger partial charge in [0, 0.05) is 32.7 Å². The van der Waals surface area contributed by atoms with Crippen LogP contribution in [-0.2, 0) is 27.4 Å². The molecule has 170 valence electrons. The Kier molecular flexibility index (Phi) is 8.62. The number of carbonyl (C=O) groups excluding carboxylic acids is 3. The van der Waals surface area contributed by atoms with Crippen LogP contribution >= 0.6 is 0 Å². The molecule has 1 unspecified atom stereocenters. The van der Waals surface area contributed by atoms with Crippen molar-refractivity contribution in [2.75, 3.05) is 32.8 Å². The molecule has 1 aliphatic rings. The summed E-state index contributed by atoms with van der Waals surface area (Å²) in [5, 5.41) is 5.52. The van der Waals surface area contributed by atoms with Crippen LogP contribution in [0.5, 0.6) is 0 Å². The van der Waals surface area contributed by atoms with Gasteiger partial charge in [-0.05, 0) is 18.1 Å². The minimum absolute atomic E-state index is 0.224. The number of rotatable bonds is 8. The Hall–Kier alpha value is -3.39. The van der Waals surface area contributed by atoms with Crippen LogP contribution in [0.25, 0.3) is 0 Å². The van der Waals surface area contributed by atoms with E-state index < -0.39 is 18.0 Å². The number of amides is 3. The Morgan fingerprint density at radius 2 is 1.59 bits per heavy atom. The molecule has 0 aliphatic carbocycles. The smallest absolute Gasteiger partial charge is 0.325 e. The first-order valence-corrected chi connectivity index (χ1v) is 10.8. The summed E-state index contributed by atoms with van der Waals surface area (Å²) in [7, 11) is 0. The molecule has 2 N–H and O–H groups in total. The highest BCUT2D eigenvalue weighted by Crippen LogP contribution is 2.14. The summed E-state index contributed by atoms with van der Waals surface area (Å²) in [5.74, 6) is -0.730. The molecule has 8 heteroatoms. The minimum Gasteiger partial charge on any atom is -0.465 e. The quantitative estimate of drug-likeness (QED) is 0.613. The van der Waals surface area contributed by atoms with E-state index in [1.54, 1.807) is 6.92 Å². The standard InChI is InChI=1S/C24H30N4O4/c1-2-32-22(29)16-26-24(31)28-14-13-27(17-20-11-7-4-8-12-20)18-21(28)23(30)25-15-19-9-5-3-6-10-19/h3-12,21H,2,13-18H2,1H3,(H,25,30)(H,26,31). The fourth-order valence-electron chi connectivity index (χ4n) is 3.66. The van der Waals surface area contributed by atoms with Crippen molar-refractivity contribution in [3.05, 3.63) is 71.8 Å². The van der Waals surface area contributed by atoms with Crippen molar-refractivity contribution < 1.29 is 19.1 Å². The van der Waals surface area contributed by atoms with Gasteiger partial charge in [-0.1, -0.05) is 60.7 Å². The Morgan fingerprint density at radius 3 is 2.25 bits per heavy atom.